The van der Waals surface area contributed by atoms with Gasteiger partial charge in [-0.1, -0.05) is 40.2 Å². The Hall–Kier alpha value is -0.0900. The lowest BCUT2D eigenvalue weighted by atomic mass is 9.93. The van der Waals surface area contributed by atoms with Gasteiger partial charge in [0.1, 0.15) is 0 Å². The van der Waals surface area contributed by atoms with Crippen molar-refractivity contribution >= 4 is 27.5 Å². The number of fused-ring (bicyclic) bond motifs is 2. The van der Waals surface area contributed by atoms with Crippen LogP contribution in [0.1, 0.15) is 44.9 Å². The van der Waals surface area contributed by atoms with Crippen molar-refractivity contribution < 1.29 is 4.79 Å². The predicted octanol–water partition coefficient (Wildman–Crippen LogP) is 4.03. The van der Waals surface area contributed by atoms with E-state index < -0.39 is 0 Å². The molecule has 20 heavy (non-hydrogen) atoms. The van der Waals surface area contributed by atoms with Crippen molar-refractivity contribution in [2.24, 2.45) is 17.8 Å². The van der Waals surface area contributed by atoms with Gasteiger partial charge in [0.2, 0.25) is 5.91 Å². The molecule has 0 aromatic heterocycles. The van der Waals surface area contributed by atoms with Gasteiger partial charge in [-0.15, -0.1) is 0 Å². The van der Waals surface area contributed by atoms with Crippen molar-refractivity contribution in [3.63, 3.8) is 0 Å². The van der Waals surface area contributed by atoms with Crippen LogP contribution in [0.3, 0.4) is 0 Å². The summed E-state index contributed by atoms with van der Waals surface area (Å²) in [6, 6.07) is 0. The highest BCUT2D eigenvalue weighted by Crippen LogP contribution is 2.43. The zero-order chi connectivity index (χ0) is 13.8. The number of nitrogens with one attached hydrogen (secondary N) is 1. The van der Waals surface area contributed by atoms with Crippen LogP contribution in [0.2, 0.25) is 0 Å². The summed E-state index contributed by atoms with van der Waals surface area (Å²) in [5.41, 5.74) is 0. The number of amides is 1. The molecular weight excluding hydrogens is 286 g/mol. The van der Waals surface area contributed by atoms with Crippen LogP contribution in [0.5, 0.6) is 0 Å². The molecule has 1 amide bonds. The first kappa shape index (κ1) is 14.8. The van der Waals surface area contributed by atoms with Crippen molar-refractivity contribution in [2.75, 3.05) is 12.3 Å². The molecule has 0 spiro atoms. The molecule has 1 heterocycles. The summed E-state index contributed by atoms with van der Waals surface area (Å²) in [6.45, 7) is 0.902. The van der Waals surface area contributed by atoms with E-state index in [2.05, 4.69) is 17.5 Å². The van der Waals surface area contributed by atoms with Crippen LogP contribution in [0, 0.1) is 17.8 Å². The topological polar surface area (TPSA) is 29.1 Å². The van der Waals surface area contributed by atoms with Crippen LogP contribution >= 0.6 is 21.6 Å². The molecule has 0 radical (unpaired) electrons. The van der Waals surface area contributed by atoms with Crippen molar-refractivity contribution in [3.8, 4) is 0 Å². The van der Waals surface area contributed by atoms with Gasteiger partial charge in [0.25, 0.3) is 0 Å². The van der Waals surface area contributed by atoms with Crippen LogP contribution in [-0.4, -0.2) is 23.5 Å². The lowest BCUT2D eigenvalue weighted by molar-refractivity contribution is -0.121. The summed E-state index contributed by atoms with van der Waals surface area (Å²) in [5, 5.41) is 4.01. The second kappa shape index (κ2) is 7.26. The Morgan fingerprint density at radius 2 is 2.20 bits per heavy atom. The molecule has 1 aliphatic heterocycles. The monoisotopic (exact) mass is 311 g/mol. The van der Waals surface area contributed by atoms with E-state index in [1.807, 2.05) is 21.6 Å². The molecule has 1 saturated heterocycles. The average Bonchev–Trinajstić information content (AvgIpc) is 3.18. The number of hydrogen-bond acceptors (Lipinski definition) is 3. The minimum Gasteiger partial charge on any atom is -0.356 e. The summed E-state index contributed by atoms with van der Waals surface area (Å²) in [6.07, 6.45) is 13.0. The van der Waals surface area contributed by atoms with Gasteiger partial charge in [-0.2, -0.15) is 0 Å². The van der Waals surface area contributed by atoms with Crippen LogP contribution in [0.15, 0.2) is 12.2 Å². The van der Waals surface area contributed by atoms with Gasteiger partial charge in [0.15, 0.2) is 0 Å². The zero-order valence-corrected chi connectivity index (χ0v) is 13.7. The molecule has 3 rings (SSSR count). The van der Waals surface area contributed by atoms with Crippen molar-refractivity contribution in [1.29, 1.82) is 0 Å². The van der Waals surface area contributed by atoms with Gasteiger partial charge in [-0.25, -0.2) is 0 Å². The molecule has 2 aliphatic carbocycles. The molecule has 0 aromatic rings. The van der Waals surface area contributed by atoms with Crippen LogP contribution in [0.25, 0.3) is 0 Å². The molecule has 112 valence electrons. The first-order valence-corrected chi connectivity index (χ1v) is 10.4. The van der Waals surface area contributed by atoms with Crippen molar-refractivity contribution in [2.45, 2.75) is 50.2 Å². The summed E-state index contributed by atoms with van der Waals surface area (Å²) in [7, 11) is 4.05. The fourth-order valence-electron chi connectivity index (χ4n) is 3.68. The van der Waals surface area contributed by atoms with E-state index >= 15 is 0 Å². The summed E-state index contributed by atoms with van der Waals surface area (Å²) in [5.74, 6) is 3.85. The second-order valence-electron chi connectivity index (χ2n) is 6.42. The van der Waals surface area contributed by atoms with E-state index in [-0.39, 0.29) is 5.91 Å². The average molecular weight is 312 g/mol. The van der Waals surface area contributed by atoms with Crippen LogP contribution < -0.4 is 5.32 Å². The lowest BCUT2D eigenvalue weighted by Gasteiger charge is -2.18. The highest BCUT2D eigenvalue weighted by Gasteiger charge is 2.35. The fourth-order valence-corrected chi connectivity index (χ4v) is 6.71. The number of hydrogen-bond donors (Lipinski definition) is 1. The van der Waals surface area contributed by atoms with Gasteiger partial charge in [-0.05, 0) is 49.9 Å². The number of allylic oxidation sites excluding steroid dienone is 2. The number of rotatable bonds is 7. The minimum atomic E-state index is 0.269. The maximum atomic E-state index is 11.9. The van der Waals surface area contributed by atoms with Crippen LogP contribution in [-0.2, 0) is 4.79 Å². The first-order chi connectivity index (χ1) is 9.81. The first-order valence-electron chi connectivity index (χ1n) is 8.04. The number of carbonyl (C=O) groups excluding carboxylic acids is 1. The third kappa shape index (κ3) is 3.97. The third-order valence-electron chi connectivity index (χ3n) is 4.89. The summed E-state index contributed by atoms with van der Waals surface area (Å²) < 4.78 is 0. The Kier molecular flexibility index (Phi) is 5.38. The molecule has 0 unspecified atom stereocenters. The third-order valence-corrected chi connectivity index (χ3v) is 7.89. The fraction of sp³-hybridized carbons (Fsp3) is 0.812. The molecular formula is C16H25NOS2. The Morgan fingerprint density at radius 1 is 1.25 bits per heavy atom. The summed E-state index contributed by atoms with van der Waals surface area (Å²) >= 11 is 0. The highest BCUT2D eigenvalue weighted by atomic mass is 33.1. The molecule has 1 N–H and O–H groups in total. The molecule has 2 fully saturated rings. The SMILES string of the molecule is O=C(CCCC[C@@H]1CCSS1)NC[C@H]1C[C@H]2C=C[C@H]1C2. The Balaban J connectivity index is 1.23. The number of carbonyl (C=O) groups is 1. The van der Waals surface area contributed by atoms with E-state index in [4.69, 9.17) is 0 Å². The molecule has 4 heteroatoms. The second-order valence-corrected chi connectivity index (χ2v) is 9.21. The standard InChI is InChI=1S/C16H25NOS2/c18-16(4-2-1-3-15-7-8-19-20-15)17-11-14-10-12-5-6-13(14)9-12/h5-6,12-15H,1-4,7-11H2,(H,17,18)/t12-,13-,14+,15+/m0/s1. The minimum absolute atomic E-state index is 0.269. The molecule has 4 atom stereocenters. The smallest absolute Gasteiger partial charge is 0.220 e. The van der Waals surface area contributed by atoms with E-state index in [1.54, 1.807) is 0 Å². The molecule has 1 saturated carbocycles. The van der Waals surface area contributed by atoms with Gasteiger partial charge in [0.05, 0.1) is 0 Å². The maximum absolute atomic E-state index is 11.9. The predicted molar refractivity (Wildman–Crippen MR) is 88.8 cm³/mol. The highest BCUT2D eigenvalue weighted by molar-refractivity contribution is 8.77. The van der Waals surface area contributed by atoms with E-state index in [1.165, 1.54) is 37.9 Å². The van der Waals surface area contributed by atoms with Crippen molar-refractivity contribution in [3.05, 3.63) is 12.2 Å². The van der Waals surface area contributed by atoms with Gasteiger partial charge in [-0.3, -0.25) is 4.79 Å². The normalized spacial score (nSPS) is 34.8. The van der Waals surface area contributed by atoms with E-state index in [0.717, 1.165) is 36.5 Å². The van der Waals surface area contributed by atoms with E-state index in [9.17, 15) is 4.79 Å². The quantitative estimate of drug-likeness (QED) is 0.437. The van der Waals surface area contributed by atoms with E-state index in [0.29, 0.717) is 5.92 Å². The maximum Gasteiger partial charge on any atom is 0.220 e. The largest absolute Gasteiger partial charge is 0.356 e. The van der Waals surface area contributed by atoms with Crippen molar-refractivity contribution in [1.82, 2.24) is 5.32 Å². The Morgan fingerprint density at radius 3 is 2.90 bits per heavy atom. The van der Waals surface area contributed by atoms with Crippen LogP contribution in [0.4, 0.5) is 0 Å². The molecule has 3 aliphatic rings. The molecule has 2 bridgehead atoms. The number of unbranched alkanes of at least 4 members (excludes halogenated alkanes) is 1. The lowest BCUT2D eigenvalue weighted by Crippen LogP contribution is -2.30. The Bertz CT molecular complexity index is 365. The summed E-state index contributed by atoms with van der Waals surface area (Å²) in [4.78, 5) is 11.9. The molecule has 2 nitrogen and oxygen atoms in total. The molecule has 0 aromatic carbocycles. The van der Waals surface area contributed by atoms with Gasteiger partial charge in [0, 0.05) is 24.0 Å². The van der Waals surface area contributed by atoms with Gasteiger partial charge < -0.3 is 5.32 Å². The zero-order valence-electron chi connectivity index (χ0n) is 12.1. The van der Waals surface area contributed by atoms with Gasteiger partial charge >= 0.3 is 0 Å². The Labute approximate surface area is 130 Å².